The Morgan fingerprint density at radius 3 is 2.04 bits per heavy atom. The minimum absolute atomic E-state index is 0.382. The van der Waals surface area contributed by atoms with Crippen LogP contribution in [0.5, 0.6) is 0 Å². The normalized spacial score (nSPS) is 12.5. The molecule has 136 valence electrons. The lowest BCUT2D eigenvalue weighted by Gasteiger charge is -2.12. The van der Waals surface area contributed by atoms with Crippen LogP contribution in [0.15, 0.2) is 23.2 Å². The van der Waals surface area contributed by atoms with E-state index in [1.54, 1.807) is 0 Å². The molecule has 1 aromatic heterocycles. The standard InChI is InChI=1S/C12H4Cl2F6N2O2S/c13-5-1-4(11(15,16)17)2-6(14)9(5)22-3-7(25-12(18,19)20)8(21-22)10(23)24/h1-3H,(H,23,24). The molecule has 1 aromatic carbocycles. The summed E-state index contributed by atoms with van der Waals surface area (Å²) in [7, 11) is 0. The molecule has 0 unspecified atom stereocenters. The van der Waals surface area contributed by atoms with Crippen LogP contribution in [0.25, 0.3) is 5.69 Å². The van der Waals surface area contributed by atoms with Gasteiger partial charge in [0.2, 0.25) is 0 Å². The monoisotopic (exact) mass is 424 g/mol. The molecule has 1 N–H and O–H groups in total. The van der Waals surface area contributed by atoms with Crippen LogP contribution in [-0.4, -0.2) is 26.4 Å². The number of aromatic carboxylic acids is 1. The molecule has 2 aromatic rings. The molecule has 25 heavy (non-hydrogen) atoms. The molecule has 0 bridgehead atoms. The molecule has 0 saturated heterocycles. The van der Waals surface area contributed by atoms with Crippen LogP contribution < -0.4 is 0 Å². The van der Waals surface area contributed by atoms with Crippen LogP contribution in [0.4, 0.5) is 26.3 Å². The number of benzene rings is 1. The van der Waals surface area contributed by atoms with Crippen molar-refractivity contribution in [3.05, 3.63) is 39.6 Å². The summed E-state index contributed by atoms with van der Waals surface area (Å²) in [6.45, 7) is 0. The second-order valence-corrected chi connectivity index (χ2v) is 6.35. The van der Waals surface area contributed by atoms with E-state index >= 15 is 0 Å². The zero-order valence-corrected chi connectivity index (χ0v) is 13.7. The average molecular weight is 425 g/mol. The molecule has 0 aliphatic rings. The SMILES string of the molecule is O=C(O)c1nn(-c2c(Cl)cc(C(F)(F)F)cc2Cl)cc1SC(F)(F)F. The summed E-state index contributed by atoms with van der Waals surface area (Å²) in [6, 6.07) is 1.00. The third-order valence-corrected chi connectivity index (χ3v) is 4.01. The van der Waals surface area contributed by atoms with Crippen LogP contribution >= 0.6 is 35.0 Å². The number of aromatic nitrogens is 2. The maximum Gasteiger partial charge on any atom is 0.446 e. The highest BCUT2D eigenvalue weighted by atomic mass is 35.5. The summed E-state index contributed by atoms with van der Waals surface area (Å²) >= 11 is 10.7. The van der Waals surface area contributed by atoms with Crippen molar-refractivity contribution in [2.75, 3.05) is 0 Å². The molecule has 0 fully saturated rings. The first-order chi connectivity index (χ1) is 11.3. The number of halogens is 8. The fourth-order valence-corrected chi connectivity index (χ4v) is 3.06. The highest BCUT2D eigenvalue weighted by Crippen LogP contribution is 2.41. The molecule has 0 saturated carbocycles. The Hall–Kier alpha value is -1.59. The lowest BCUT2D eigenvalue weighted by molar-refractivity contribution is -0.137. The van der Waals surface area contributed by atoms with E-state index in [2.05, 4.69) is 5.10 Å². The Labute approximate surface area is 149 Å². The van der Waals surface area contributed by atoms with E-state index in [1.165, 1.54) is 0 Å². The van der Waals surface area contributed by atoms with Gasteiger partial charge in [0.15, 0.2) is 5.69 Å². The number of rotatable bonds is 3. The number of carboxylic acids is 1. The summed E-state index contributed by atoms with van der Waals surface area (Å²) in [4.78, 5) is 10.3. The highest BCUT2D eigenvalue weighted by Gasteiger charge is 2.35. The van der Waals surface area contributed by atoms with E-state index in [9.17, 15) is 31.1 Å². The van der Waals surface area contributed by atoms with Crippen molar-refractivity contribution in [1.29, 1.82) is 0 Å². The van der Waals surface area contributed by atoms with Crippen molar-refractivity contribution in [1.82, 2.24) is 9.78 Å². The third kappa shape index (κ3) is 4.53. The molecule has 0 radical (unpaired) electrons. The van der Waals surface area contributed by atoms with Gasteiger partial charge in [0, 0.05) is 6.20 Å². The quantitative estimate of drug-likeness (QED) is 0.521. The van der Waals surface area contributed by atoms with E-state index in [1.807, 2.05) is 0 Å². The predicted molar refractivity (Wildman–Crippen MR) is 77.5 cm³/mol. The second-order valence-electron chi connectivity index (χ2n) is 4.43. The van der Waals surface area contributed by atoms with Crippen molar-refractivity contribution in [3.63, 3.8) is 0 Å². The molecule has 0 spiro atoms. The first-order valence-corrected chi connectivity index (χ1v) is 7.52. The van der Waals surface area contributed by atoms with Gasteiger partial charge in [-0.05, 0) is 23.9 Å². The molecule has 0 atom stereocenters. The molecule has 4 nitrogen and oxygen atoms in total. The van der Waals surface area contributed by atoms with Crippen molar-refractivity contribution < 1.29 is 36.2 Å². The number of nitrogens with zero attached hydrogens (tertiary/aromatic N) is 2. The third-order valence-electron chi connectivity index (χ3n) is 2.68. The first-order valence-electron chi connectivity index (χ1n) is 5.95. The number of hydrogen-bond acceptors (Lipinski definition) is 3. The number of carbonyl (C=O) groups is 1. The Kier molecular flexibility index (Phi) is 5.22. The molecule has 13 heteroatoms. The Morgan fingerprint density at radius 2 is 1.64 bits per heavy atom. The zero-order valence-electron chi connectivity index (χ0n) is 11.4. The van der Waals surface area contributed by atoms with Gasteiger partial charge in [0.25, 0.3) is 0 Å². The lowest BCUT2D eigenvalue weighted by Crippen LogP contribution is -2.07. The molecular weight excluding hydrogens is 421 g/mol. The van der Waals surface area contributed by atoms with Gasteiger partial charge in [-0.2, -0.15) is 31.4 Å². The maximum absolute atomic E-state index is 12.7. The van der Waals surface area contributed by atoms with Crippen LogP contribution in [-0.2, 0) is 6.18 Å². The smallest absolute Gasteiger partial charge is 0.446 e. The lowest BCUT2D eigenvalue weighted by atomic mass is 10.2. The second kappa shape index (κ2) is 6.61. The Bertz CT molecular complexity index is 811. The number of alkyl halides is 6. The van der Waals surface area contributed by atoms with Crippen molar-refractivity contribution in [2.45, 2.75) is 16.6 Å². The average Bonchev–Trinajstić information content (AvgIpc) is 2.78. The summed E-state index contributed by atoms with van der Waals surface area (Å²) < 4.78 is 76.2. The van der Waals surface area contributed by atoms with Gasteiger partial charge in [0.1, 0.15) is 5.69 Å². The molecule has 0 amide bonds. The fraction of sp³-hybridized carbons (Fsp3) is 0.167. The van der Waals surface area contributed by atoms with Crippen LogP contribution in [0.1, 0.15) is 16.1 Å². The van der Waals surface area contributed by atoms with Gasteiger partial charge in [-0.15, -0.1) is 0 Å². The molecule has 0 aliphatic carbocycles. The largest absolute Gasteiger partial charge is 0.476 e. The van der Waals surface area contributed by atoms with Crippen molar-refractivity contribution in [3.8, 4) is 5.69 Å². The highest BCUT2D eigenvalue weighted by molar-refractivity contribution is 8.00. The summed E-state index contributed by atoms with van der Waals surface area (Å²) in [5.74, 6) is -1.76. The Morgan fingerprint density at radius 1 is 1.12 bits per heavy atom. The molecular formula is C12H4Cl2F6N2O2S. The molecule has 0 aliphatic heterocycles. The number of carboxylic acid groups (broad SMARTS) is 1. The zero-order chi connectivity index (χ0) is 19.2. The minimum atomic E-state index is -4.80. The predicted octanol–water partition coefficient (Wildman–Crippen LogP) is 5.51. The molecule has 1 heterocycles. The van der Waals surface area contributed by atoms with E-state index < -0.39 is 55.6 Å². The van der Waals surface area contributed by atoms with Crippen molar-refractivity contribution >= 4 is 40.9 Å². The topological polar surface area (TPSA) is 55.1 Å². The minimum Gasteiger partial charge on any atom is -0.476 e. The summed E-state index contributed by atoms with van der Waals surface area (Å²) in [6.07, 6.45) is -4.08. The Balaban J connectivity index is 2.60. The maximum atomic E-state index is 12.7. The van der Waals surface area contributed by atoms with Gasteiger partial charge >= 0.3 is 17.7 Å². The van der Waals surface area contributed by atoms with Gasteiger partial charge < -0.3 is 5.11 Å². The van der Waals surface area contributed by atoms with E-state index in [0.717, 1.165) is 0 Å². The van der Waals surface area contributed by atoms with E-state index in [0.29, 0.717) is 23.0 Å². The van der Waals surface area contributed by atoms with Crippen molar-refractivity contribution in [2.24, 2.45) is 0 Å². The number of thioether (sulfide) groups is 1. The van der Waals surface area contributed by atoms with Crippen LogP contribution in [0, 0.1) is 0 Å². The summed E-state index contributed by atoms with van der Waals surface area (Å²) in [5.41, 5.74) is -7.31. The van der Waals surface area contributed by atoms with Gasteiger partial charge in [-0.3, -0.25) is 0 Å². The molecule has 2 rings (SSSR count). The summed E-state index contributed by atoms with van der Waals surface area (Å²) in [5, 5.41) is 11.2. The van der Waals surface area contributed by atoms with Gasteiger partial charge in [-0.25, -0.2) is 9.48 Å². The van der Waals surface area contributed by atoms with E-state index in [-0.39, 0.29) is 5.69 Å². The first kappa shape index (κ1) is 19.7. The van der Waals surface area contributed by atoms with Gasteiger partial charge in [-0.1, -0.05) is 23.2 Å². The fourth-order valence-electron chi connectivity index (χ4n) is 1.77. The van der Waals surface area contributed by atoms with Gasteiger partial charge in [0.05, 0.1) is 20.5 Å². The number of hydrogen-bond donors (Lipinski definition) is 1. The van der Waals surface area contributed by atoms with Crippen LogP contribution in [0.2, 0.25) is 10.0 Å². The van der Waals surface area contributed by atoms with Crippen LogP contribution in [0.3, 0.4) is 0 Å². The van der Waals surface area contributed by atoms with E-state index in [4.69, 9.17) is 28.3 Å².